The van der Waals surface area contributed by atoms with Crippen molar-refractivity contribution in [2.75, 3.05) is 24.4 Å². The molecule has 0 saturated heterocycles. The molecule has 2 aromatic carbocycles. The normalized spacial score (nSPS) is 16.4. The molecule has 8 nitrogen and oxygen atoms in total. The molecule has 0 spiro atoms. The van der Waals surface area contributed by atoms with Crippen LogP contribution in [0.15, 0.2) is 53.2 Å². The zero-order chi connectivity index (χ0) is 23.5. The van der Waals surface area contributed by atoms with Gasteiger partial charge in [0, 0.05) is 23.4 Å². The van der Waals surface area contributed by atoms with Gasteiger partial charge < -0.3 is 20.1 Å². The molecule has 1 saturated carbocycles. The summed E-state index contributed by atoms with van der Waals surface area (Å²) in [5, 5.41) is 5.69. The van der Waals surface area contributed by atoms with Gasteiger partial charge in [-0.15, -0.1) is 0 Å². The van der Waals surface area contributed by atoms with E-state index in [1.807, 2.05) is 0 Å². The standard InChI is InChI=1S/C24H24ClN3O5/c1-32-17-10-11-18(19(13-17)33-2)28-23(30)20(25)21(24(28)31)26-16-9-5-6-14(12-16)22(29)27-15-7-3-4-8-15/h5-6,9-13,15,26H,3-4,7-8H2,1-2H3,(H,27,29). The van der Waals surface area contributed by atoms with E-state index in [-0.39, 0.29) is 34.1 Å². The zero-order valence-electron chi connectivity index (χ0n) is 18.3. The molecule has 172 valence electrons. The van der Waals surface area contributed by atoms with E-state index in [0.717, 1.165) is 30.6 Å². The van der Waals surface area contributed by atoms with Gasteiger partial charge in [0.1, 0.15) is 22.2 Å². The van der Waals surface area contributed by atoms with Gasteiger partial charge >= 0.3 is 0 Å². The van der Waals surface area contributed by atoms with Gasteiger partial charge in [0.2, 0.25) is 0 Å². The SMILES string of the molecule is COc1ccc(N2C(=O)C(Cl)=C(Nc3cccc(C(=O)NC4CCCC4)c3)C2=O)c(OC)c1. The molecule has 0 unspecified atom stereocenters. The summed E-state index contributed by atoms with van der Waals surface area (Å²) >= 11 is 6.25. The Hall–Kier alpha value is -3.52. The number of nitrogens with one attached hydrogen (secondary N) is 2. The molecule has 1 aliphatic carbocycles. The summed E-state index contributed by atoms with van der Waals surface area (Å²) in [6, 6.07) is 11.6. The van der Waals surface area contributed by atoms with Crippen molar-refractivity contribution in [3.63, 3.8) is 0 Å². The highest BCUT2D eigenvalue weighted by molar-refractivity contribution is 6.53. The first-order valence-electron chi connectivity index (χ1n) is 10.6. The minimum absolute atomic E-state index is 0.0760. The average molecular weight is 470 g/mol. The lowest BCUT2D eigenvalue weighted by atomic mass is 10.1. The highest BCUT2D eigenvalue weighted by Gasteiger charge is 2.40. The number of hydrogen-bond acceptors (Lipinski definition) is 6. The highest BCUT2D eigenvalue weighted by Crippen LogP contribution is 2.37. The first-order chi connectivity index (χ1) is 15.9. The van der Waals surface area contributed by atoms with Crippen LogP contribution in [0.4, 0.5) is 11.4 Å². The van der Waals surface area contributed by atoms with E-state index in [1.165, 1.54) is 14.2 Å². The van der Waals surface area contributed by atoms with Crippen LogP contribution in [0.3, 0.4) is 0 Å². The fourth-order valence-electron chi connectivity index (χ4n) is 4.02. The summed E-state index contributed by atoms with van der Waals surface area (Å²) in [7, 11) is 2.93. The summed E-state index contributed by atoms with van der Waals surface area (Å²) in [5.41, 5.74) is 1.09. The van der Waals surface area contributed by atoms with Gasteiger partial charge in [-0.05, 0) is 43.2 Å². The van der Waals surface area contributed by atoms with Crippen molar-refractivity contribution in [2.24, 2.45) is 0 Å². The van der Waals surface area contributed by atoms with E-state index in [4.69, 9.17) is 21.1 Å². The summed E-state index contributed by atoms with van der Waals surface area (Å²) in [6.45, 7) is 0. The second kappa shape index (κ2) is 9.54. The van der Waals surface area contributed by atoms with Crippen LogP contribution in [0.5, 0.6) is 11.5 Å². The van der Waals surface area contributed by atoms with Crippen LogP contribution in [0.1, 0.15) is 36.0 Å². The van der Waals surface area contributed by atoms with E-state index in [9.17, 15) is 14.4 Å². The minimum atomic E-state index is -0.678. The third-order valence-electron chi connectivity index (χ3n) is 5.74. The van der Waals surface area contributed by atoms with Crippen LogP contribution < -0.4 is 25.0 Å². The van der Waals surface area contributed by atoms with E-state index in [1.54, 1.807) is 42.5 Å². The molecule has 0 atom stereocenters. The lowest BCUT2D eigenvalue weighted by molar-refractivity contribution is -0.120. The molecule has 1 heterocycles. The molecule has 9 heteroatoms. The summed E-state index contributed by atoms with van der Waals surface area (Å²) < 4.78 is 10.5. The molecule has 2 aromatic rings. The summed E-state index contributed by atoms with van der Waals surface area (Å²) in [5.74, 6) is -0.687. The number of rotatable bonds is 7. The maximum Gasteiger partial charge on any atom is 0.283 e. The van der Waals surface area contributed by atoms with Crippen molar-refractivity contribution in [1.29, 1.82) is 0 Å². The smallest absolute Gasteiger partial charge is 0.283 e. The lowest BCUT2D eigenvalue weighted by Gasteiger charge is -2.18. The van der Waals surface area contributed by atoms with Crippen molar-refractivity contribution in [3.05, 3.63) is 58.8 Å². The summed E-state index contributed by atoms with van der Waals surface area (Å²) in [4.78, 5) is 39.5. The van der Waals surface area contributed by atoms with Crippen molar-refractivity contribution in [1.82, 2.24) is 5.32 Å². The Morgan fingerprint density at radius 3 is 2.48 bits per heavy atom. The van der Waals surface area contributed by atoms with Crippen molar-refractivity contribution in [3.8, 4) is 11.5 Å². The lowest BCUT2D eigenvalue weighted by Crippen LogP contribution is -2.33. The number of ether oxygens (including phenoxy) is 2. The number of carbonyl (C=O) groups is 3. The predicted octanol–water partition coefficient (Wildman–Crippen LogP) is 3.81. The van der Waals surface area contributed by atoms with Crippen LogP contribution >= 0.6 is 11.6 Å². The number of benzene rings is 2. The molecular formula is C24H24ClN3O5. The maximum absolute atomic E-state index is 13.1. The van der Waals surface area contributed by atoms with Crippen molar-refractivity contribution >= 4 is 40.7 Å². The Kier molecular flexibility index (Phi) is 6.55. The average Bonchev–Trinajstić information content (AvgIpc) is 3.41. The Morgan fingerprint density at radius 1 is 1.03 bits per heavy atom. The number of nitrogens with zero attached hydrogens (tertiary/aromatic N) is 1. The third-order valence-corrected chi connectivity index (χ3v) is 6.09. The molecule has 0 bridgehead atoms. The molecule has 1 fully saturated rings. The van der Waals surface area contributed by atoms with Gasteiger partial charge in [0.05, 0.1) is 19.9 Å². The van der Waals surface area contributed by atoms with Crippen LogP contribution in [0, 0.1) is 0 Å². The number of anilines is 2. The van der Waals surface area contributed by atoms with Gasteiger partial charge in [0.25, 0.3) is 17.7 Å². The zero-order valence-corrected chi connectivity index (χ0v) is 19.1. The van der Waals surface area contributed by atoms with Crippen LogP contribution in [-0.2, 0) is 9.59 Å². The van der Waals surface area contributed by atoms with Crippen LogP contribution in [0.2, 0.25) is 0 Å². The van der Waals surface area contributed by atoms with Gasteiger partial charge in [-0.3, -0.25) is 14.4 Å². The Labute approximate surface area is 196 Å². The molecule has 3 amide bonds. The molecule has 0 aromatic heterocycles. The van der Waals surface area contributed by atoms with Crippen LogP contribution in [-0.4, -0.2) is 38.0 Å². The molecule has 0 radical (unpaired) electrons. The highest BCUT2D eigenvalue weighted by atomic mass is 35.5. The quantitative estimate of drug-likeness (QED) is 0.598. The van der Waals surface area contributed by atoms with Gasteiger partial charge in [-0.25, -0.2) is 4.90 Å². The molecule has 4 rings (SSSR count). The Balaban J connectivity index is 1.55. The molecule has 2 aliphatic rings. The predicted molar refractivity (Wildman–Crippen MR) is 125 cm³/mol. The topological polar surface area (TPSA) is 97.0 Å². The first kappa shape index (κ1) is 22.7. The van der Waals surface area contributed by atoms with Crippen LogP contribution in [0.25, 0.3) is 0 Å². The molecular weight excluding hydrogens is 446 g/mol. The van der Waals surface area contributed by atoms with E-state index < -0.39 is 11.8 Å². The minimum Gasteiger partial charge on any atom is -0.497 e. The number of methoxy groups -OCH3 is 2. The maximum atomic E-state index is 13.1. The van der Waals surface area contributed by atoms with E-state index in [2.05, 4.69) is 10.6 Å². The molecule has 33 heavy (non-hydrogen) atoms. The number of halogens is 1. The Morgan fingerprint density at radius 2 is 1.79 bits per heavy atom. The van der Waals surface area contributed by atoms with Crippen molar-refractivity contribution in [2.45, 2.75) is 31.7 Å². The molecule has 2 N–H and O–H groups in total. The molecule has 1 aliphatic heterocycles. The second-order valence-electron chi connectivity index (χ2n) is 7.83. The largest absolute Gasteiger partial charge is 0.497 e. The summed E-state index contributed by atoms with van der Waals surface area (Å²) in [6.07, 6.45) is 4.19. The van der Waals surface area contributed by atoms with Gasteiger partial charge in [0.15, 0.2) is 0 Å². The first-order valence-corrected chi connectivity index (χ1v) is 11.0. The fraction of sp³-hybridized carbons (Fsp3) is 0.292. The Bertz CT molecular complexity index is 1140. The number of hydrogen-bond donors (Lipinski definition) is 2. The van der Waals surface area contributed by atoms with Gasteiger partial charge in [-0.2, -0.15) is 0 Å². The second-order valence-corrected chi connectivity index (χ2v) is 8.21. The number of imide groups is 1. The van der Waals surface area contributed by atoms with E-state index >= 15 is 0 Å². The van der Waals surface area contributed by atoms with Crippen molar-refractivity contribution < 1.29 is 23.9 Å². The number of amides is 3. The monoisotopic (exact) mass is 469 g/mol. The number of carbonyl (C=O) groups excluding carboxylic acids is 3. The fourth-order valence-corrected chi connectivity index (χ4v) is 4.23. The third kappa shape index (κ3) is 4.52. The van der Waals surface area contributed by atoms with E-state index in [0.29, 0.717) is 17.0 Å². The van der Waals surface area contributed by atoms with Gasteiger partial charge in [-0.1, -0.05) is 30.5 Å².